The lowest BCUT2D eigenvalue weighted by molar-refractivity contribution is 0.133. The van der Waals surface area contributed by atoms with Gasteiger partial charge >= 0.3 is 0 Å². The molecule has 1 fully saturated rings. The van der Waals surface area contributed by atoms with Crippen molar-refractivity contribution in [3.8, 4) is 0 Å². The molecule has 0 aromatic heterocycles. The predicted molar refractivity (Wildman–Crippen MR) is 80.3 cm³/mol. The summed E-state index contributed by atoms with van der Waals surface area (Å²) >= 11 is 0. The first kappa shape index (κ1) is 14.1. The van der Waals surface area contributed by atoms with Gasteiger partial charge in [0.1, 0.15) is 5.84 Å². The molecule has 0 radical (unpaired) electrons. The Balaban J connectivity index is 2.10. The van der Waals surface area contributed by atoms with Crippen LogP contribution in [0.1, 0.15) is 43.7 Å². The molecule has 1 aliphatic rings. The first-order chi connectivity index (χ1) is 9.09. The molecule has 1 aromatic rings. The van der Waals surface area contributed by atoms with Crippen LogP contribution in [0.25, 0.3) is 0 Å². The van der Waals surface area contributed by atoms with Crippen LogP contribution < -0.4 is 5.73 Å². The zero-order valence-electron chi connectivity index (χ0n) is 12.0. The van der Waals surface area contributed by atoms with Crippen molar-refractivity contribution in [2.45, 2.75) is 45.2 Å². The summed E-state index contributed by atoms with van der Waals surface area (Å²) < 4.78 is 0. The maximum atomic E-state index is 7.66. The Morgan fingerprint density at radius 2 is 2.00 bits per heavy atom. The summed E-state index contributed by atoms with van der Waals surface area (Å²) in [5.74, 6) is 0.934. The molecule has 2 rings (SSSR count). The van der Waals surface area contributed by atoms with Crippen LogP contribution in [0.4, 0.5) is 0 Å². The van der Waals surface area contributed by atoms with Crippen molar-refractivity contribution < 1.29 is 0 Å². The Morgan fingerprint density at radius 3 is 2.68 bits per heavy atom. The summed E-state index contributed by atoms with van der Waals surface area (Å²) in [7, 11) is 2.20. The topological polar surface area (TPSA) is 53.1 Å². The molecule has 19 heavy (non-hydrogen) atoms. The Bertz CT molecular complexity index is 441. The van der Waals surface area contributed by atoms with Crippen LogP contribution in [-0.2, 0) is 6.54 Å². The van der Waals surface area contributed by atoms with Gasteiger partial charge in [-0.05, 0) is 31.4 Å². The molecule has 3 heteroatoms. The normalized spacial score (nSPS) is 23.5. The lowest BCUT2D eigenvalue weighted by Crippen LogP contribution is -2.38. The molecule has 104 valence electrons. The highest BCUT2D eigenvalue weighted by atomic mass is 15.1. The zero-order valence-corrected chi connectivity index (χ0v) is 12.0. The van der Waals surface area contributed by atoms with Gasteiger partial charge in [-0.1, -0.05) is 44.0 Å². The summed E-state index contributed by atoms with van der Waals surface area (Å²) in [6.45, 7) is 3.24. The van der Waals surface area contributed by atoms with Gasteiger partial charge in [-0.15, -0.1) is 0 Å². The van der Waals surface area contributed by atoms with Gasteiger partial charge in [0.05, 0.1) is 0 Å². The van der Waals surface area contributed by atoms with Crippen molar-refractivity contribution in [2.75, 3.05) is 7.05 Å². The minimum Gasteiger partial charge on any atom is -0.384 e. The first-order valence-electron chi connectivity index (χ1n) is 7.22. The van der Waals surface area contributed by atoms with E-state index >= 15 is 0 Å². The van der Waals surface area contributed by atoms with E-state index in [-0.39, 0.29) is 5.84 Å². The van der Waals surface area contributed by atoms with Crippen LogP contribution in [0.3, 0.4) is 0 Å². The second-order valence-electron chi connectivity index (χ2n) is 5.82. The van der Waals surface area contributed by atoms with E-state index in [2.05, 4.69) is 24.9 Å². The third-order valence-electron chi connectivity index (χ3n) is 4.36. The average molecular weight is 259 g/mol. The number of amidine groups is 1. The number of benzene rings is 1. The number of nitrogen functional groups attached to an aromatic ring is 1. The molecule has 1 aliphatic carbocycles. The molecular weight excluding hydrogens is 234 g/mol. The number of nitrogens with zero attached hydrogens (tertiary/aromatic N) is 1. The van der Waals surface area contributed by atoms with Crippen LogP contribution in [0.5, 0.6) is 0 Å². The zero-order chi connectivity index (χ0) is 13.8. The number of nitrogens with two attached hydrogens (primary N) is 1. The van der Waals surface area contributed by atoms with Gasteiger partial charge in [0.15, 0.2) is 0 Å². The van der Waals surface area contributed by atoms with Crippen molar-refractivity contribution in [1.29, 1.82) is 5.41 Å². The highest BCUT2D eigenvalue weighted by molar-refractivity contribution is 5.96. The monoisotopic (exact) mass is 259 g/mol. The quantitative estimate of drug-likeness (QED) is 0.645. The molecule has 3 nitrogen and oxygen atoms in total. The summed E-state index contributed by atoms with van der Waals surface area (Å²) in [5, 5.41) is 7.66. The molecule has 2 atom stereocenters. The Kier molecular flexibility index (Phi) is 4.59. The average Bonchev–Trinajstić information content (AvgIpc) is 2.39. The SMILES string of the molecule is CC1CCCCC1N(C)Cc1ccccc1C(=N)N. The number of hydrogen-bond donors (Lipinski definition) is 2. The van der Waals surface area contributed by atoms with Crippen LogP contribution in [0.2, 0.25) is 0 Å². The van der Waals surface area contributed by atoms with Crippen molar-refractivity contribution in [3.63, 3.8) is 0 Å². The lowest BCUT2D eigenvalue weighted by Gasteiger charge is -2.36. The van der Waals surface area contributed by atoms with Gasteiger partial charge in [0, 0.05) is 18.2 Å². The molecule has 0 amide bonds. The standard InChI is InChI=1S/C16H25N3/c1-12-7-3-6-10-15(12)19(2)11-13-8-4-5-9-14(13)16(17)18/h4-5,8-9,12,15H,3,6-7,10-11H2,1-2H3,(H3,17,18). The molecule has 1 saturated carbocycles. The van der Waals surface area contributed by atoms with Crippen LogP contribution >= 0.6 is 0 Å². The summed E-state index contributed by atoms with van der Waals surface area (Å²) in [6.07, 6.45) is 5.34. The maximum Gasteiger partial charge on any atom is 0.123 e. The molecule has 2 unspecified atom stereocenters. The molecule has 1 aromatic carbocycles. The van der Waals surface area contributed by atoms with E-state index in [1.807, 2.05) is 18.2 Å². The molecule has 0 heterocycles. The van der Waals surface area contributed by atoms with Crippen LogP contribution in [-0.4, -0.2) is 23.8 Å². The molecule has 3 N–H and O–H groups in total. The fourth-order valence-electron chi connectivity index (χ4n) is 3.26. The minimum absolute atomic E-state index is 0.167. The Labute approximate surface area is 116 Å². The van der Waals surface area contributed by atoms with Gasteiger partial charge in [-0.2, -0.15) is 0 Å². The lowest BCUT2D eigenvalue weighted by atomic mass is 9.85. The molecule has 0 saturated heterocycles. The van der Waals surface area contributed by atoms with Gasteiger partial charge in [0.2, 0.25) is 0 Å². The van der Waals surface area contributed by atoms with Gasteiger partial charge < -0.3 is 5.73 Å². The van der Waals surface area contributed by atoms with E-state index in [0.717, 1.165) is 23.6 Å². The highest BCUT2D eigenvalue weighted by Crippen LogP contribution is 2.28. The number of hydrogen-bond acceptors (Lipinski definition) is 2. The number of nitrogens with one attached hydrogen (secondary N) is 1. The van der Waals surface area contributed by atoms with Crippen LogP contribution in [0.15, 0.2) is 24.3 Å². The van der Waals surface area contributed by atoms with Gasteiger partial charge in [-0.25, -0.2) is 0 Å². The van der Waals surface area contributed by atoms with Gasteiger partial charge in [-0.3, -0.25) is 10.3 Å². The summed E-state index contributed by atoms with van der Waals surface area (Å²) in [5.41, 5.74) is 7.70. The Hall–Kier alpha value is -1.35. The van der Waals surface area contributed by atoms with E-state index in [9.17, 15) is 0 Å². The fraction of sp³-hybridized carbons (Fsp3) is 0.562. The Morgan fingerprint density at radius 1 is 1.32 bits per heavy atom. The number of rotatable bonds is 4. The second kappa shape index (κ2) is 6.20. The third-order valence-corrected chi connectivity index (χ3v) is 4.36. The maximum absolute atomic E-state index is 7.66. The van der Waals surface area contributed by atoms with E-state index in [4.69, 9.17) is 11.1 Å². The largest absolute Gasteiger partial charge is 0.384 e. The van der Waals surface area contributed by atoms with Crippen LogP contribution in [0, 0.1) is 11.3 Å². The van der Waals surface area contributed by atoms with E-state index in [1.165, 1.54) is 25.7 Å². The van der Waals surface area contributed by atoms with E-state index in [1.54, 1.807) is 0 Å². The molecular formula is C16H25N3. The van der Waals surface area contributed by atoms with Crippen molar-refractivity contribution in [3.05, 3.63) is 35.4 Å². The molecule has 0 aliphatic heterocycles. The van der Waals surface area contributed by atoms with E-state index in [0.29, 0.717) is 6.04 Å². The van der Waals surface area contributed by atoms with Crippen molar-refractivity contribution in [2.24, 2.45) is 11.7 Å². The summed E-state index contributed by atoms with van der Waals surface area (Å²) in [6, 6.07) is 8.66. The van der Waals surface area contributed by atoms with Crippen molar-refractivity contribution >= 4 is 5.84 Å². The first-order valence-corrected chi connectivity index (χ1v) is 7.22. The van der Waals surface area contributed by atoms with Gasteiger partial charge in [0.25, 0.3) is 0 Å². The second-order valence-corrected chi connectivity index (χ2v) is 5.82. The predicted octanol–water partition coefficient (Wildman–Crippen LogP) is 2.98. The third kappa shape index (κ3) is 3.35. The summed E-state index contributed by atoms with van der Waals surface area (Å²) in [4.78, 5) is 2.44. The molecule has 0 bridgehead atoms. The van der Waals surface area contributed by atoms with Crippen molar-refractivity contribution in [1.82, 2.24) is 4.90 Å². The molecule has 0 spiro atoms. The van der Waals surface area contributed by atoms with E-state index < -0.39 is 0 Å². The highest BCUT2D eigenvalue weighted by Gasteiger charge is 2.25. The smallest absolute Gasteiger partial charge is 0.123 e. The minimum atomic E-state index is 0.167. The fourth-order valence-corrected chi connectivity index (χ4v) is 3.26.